The van der Waals surface area contributed by atoms with E-state index in [1.807, 2.05) is 32.2 Å². The molecule has 1 aliphatic carbocycles. The minimum Gasteiger partial charge on any atom is -0.496 e. The molecule has 0 aromatic heterocycles. The highest BCUT2D eigenvalue weighted by Crippen LogP contribution is 2.43. The van der Waals surface area contributed by atoms with Crippen LogP contribution in [0.4, 0.5) is 5.69 Å². The average Bonchev–Trinajstić information content (AvgIpc) is 2.95. The summed E-state index contributed by atoms with van der Waals surface area (Å²) < 4.78 is 5.67. The van der Waals surface area contributed by atoms with Crippen molar-refractivity contribution >= 4 is 23.1 Å². The van der Waals surface area contributed by atoms with Crippen LogP contribution in [0.2, 0.25) is 0 Å². The van der Waals surface area contributed by atoms with Crippen LogP contribution in [0.1, 0.15) is 36.8 Å². The zero-order chi connectivity index (χ0) is 18.8. The topological polar surface area (TPSA) is 67.4 Å². The van der Waals surface area contributed by atoms with Crippen LogP contribution in [-0.4, -0.2) is 26.0 Å². The molecular formula is C21H24N2O3. The number of hydrogen-bond acceptors (Lipinski definition) is 4. The van der Waals surface area contributed by atoms with Gasteiger partial charge in [-0.05, 0) is 55.4 Å². The summed E-state index contributed by atoms with van der Waals surface area (Å²) in [7, 11) is 3.45. The van der Waals surface area contributed by atoms with E-state index in [1.54, 1.807) is 7.11 Å². The molecule has 0 atom stereocenters. The zero-order valence-electron chi connectivity index (χ0n) is 15.5. The first kappa shape index (κ1) is 18.0. The van der Waals surface area contributed by atoms with Gasteiger partial charge in [-0.1, -0.05) is 18.7 Å². The summed E-state index contributed by atoms with van der Waals surface area (Å²) in [5, 5.41) is 5.62. The van der Waals surface area contributed by atoms with Crippen molar-refractivity contribution in [3.05, 3.63) is 52.6 Å². The number of rotatable bonds is 3. The molecule has 2 N–H and O–H groups in total. The maximum atomic E-state index is 12.7. The van der Waals surface area contributed by atoms with Gasteiger partial charge in [-0.25, -0.2) is 0 Å². The molecule has 3 rings (SSSR count). The Morgan fingerprint density at radius 3 is 2.58 bits per heavy atom. The highest BCUT2D eigenvalue weighted by Gasteiger charge is 2.36. The average molecular weight is 352 g/mol. The summed E-state index contributed by atoms with van der Waals surface area (Å²) in [4.78, 5) is 25.1. The lowest BCUT2D eigenvalue weighted by Crippen LogP contribution is -2.23. The molecule has 2 amide bonds. The molecule has 0 fully saturated rings. The standard InChI is InChI=1S/C21H24N2O3/c1-12-8-6-5-7-9-14(18-16(12)20(24)23-21(18)25)17-15(22-3)11-10-13(2)19(17)26-4/h9-11,22H,1,5-8H2,2-4H3,(H,23,24,25)/b14-9-. The molecule has 0 unspecified atom stereocenters. The molecule has 5 nitrogen and oxygen atoms in total. The van der Waals surface area contributed by atoms with E-state index in [4.69, 9.17) is 4.74 Å². The van der Waals surface area contributed by atoms with Crippen molar-refractivity contribution in [2.24, 2.45) is 0 Å². The van der Waals surface area contributed by atoms with Gasteiger partial charge < -0.3 is 10.1 Å². The number of anilines is 1. The molecule has 26 heavy (non-hydrogen) atoms. The van der Waals surface area contributed by atoms with E-state index in [0.29, 0.717) is 28.9 Å². The normalized spacial score (nSPS) is 19.8. The number of carbonyl (C=O) groups is 2. The molecule has 1 aliphatic heterocycles. The van der Waals surface area contributed by atoms with Gasteiger partial charge in [0, 0.05) is 18.3 Å². The van der Waals surface area contributed by atoms with Crippen LogP contribution < -0.4 is 15.4 Å². The Hall–Kier alpha value is -2.82. The van der Waals surface area contributed by atoms with Crippen LogP contribution in [0.25, 0.3) is 5.57 Å². The Labute approximate surface area is 153 Å². The Kier molecular flexibility index (Phi) is 4.98. The van der Waals surface area contributed by atoms with Gasteiger partial charge in [0.25, 0.3) is 11.8 Å². The molecule has 0 radical (unpaired) electrons. The first-order valence-electron chi connectivity index (χ1n) is 8.84. The molecule has 1 heterocycles. The predicted octanol–water partition coefficient (Wildman–Crippen LogP) is 3.51. The molecule has 1 aromatic rings. The Morgan fingerprint density at radius 1 is 1.15 bits per heavy atom. The minimum absolute atomic E-state index is 0.361. The van der Waals surface area contributed by atoms with Gasteiger partial charge >= 0.3 is 0 Å². The van der Waals surface area contributed by atoms with E-state index in [1.165, 1.54) is 0 Å². The van der Waals surface area contributed by atoms with E-state index in [2.05, 4.69) is 17.2 Å². The molecule has 136 valence electrons. The number of nitrogens with one attached hydrogen (secondary N) is 2. The van der Waals surface area contributed by atoms with Crippen molar-refractivity contribution < 1.29 is 14.3 Å². The number of aryl methyl sites for hydroxylation is 1. The van der Waals surface area contributed by atoms with Crippen molar-refractivity contribution in [2.45, 2.75) is 32.6 Å². The lowest BCUT2D eigenvalue weighted by molar-refractivity contribution is -0.123. The Morgan fingerprint density at radius 2 is 1.88 bits per heavy atom. The van der Waals surface area contributed by atoms with E-state index >= 15 is 0 Å². The fraction of sp³-hybridized carbons (Fsp3) is 0.333. The number of carbonyl (C=O) groups excluding carboxylic acids is 2. The summed E-state index contributed by atoms with van der Waals surface area (Å²) in [6.45, 7) is 6.03. The van der Waals surface area contributed by atoms with Crippen molar-refractivity contribution in [3.8, 4) is 5.75 Å². The van der Waals surface area contributed by atoms with Crippen molar-refractivity contribution in [3.63, 3.8) is 0 Å². The summed E-state index contributed by atoms with van der Waals surface area (Å²) >= 11 is 0. The molecule has 0 spiro atoms. The third-order valence-electron chi connectivity index (χ3n) is 4.93. The van der Waals surface area contributed by atoms with Gasteiger partial charge in [0.15, 0.2) is 0 Å². The van der Waals surface area contributed by atoms with Crippen molar-refractivity contribution in [1.82, 2.24) is 5.32 Å². The molecule has 0 saturated carbocycles. The Balaban J connectivity index is 2.34. The van der Waals surface area contributed by atoms with Gasteiger partial charge in [-0.2, -0.15) is 0 Å². The monoisotopic (exact) mass is 352 g/mol. The Bertz CT molecular complexity index is 862. The number of hydrogen-bond donors (Lipinski definition) is 2. The summed E-state index contributed by atoms with van der Waals surface area (Å²) in [5.74, 6) is -0.0303. The number of allylic oxidation sites excluding steroid dienone is 1. The van der Waals surface area contributed by atoms with Gasteiger partial charge in [0.1, 0.15) is 5.75 Å². The number of ether oxygens (including phenoxy) is 1. The SMILES string of the molecule is C=C1CCCC/C=C(/c2c(NC)ccc(C)c2OC)C2=C1C(=O)NC2=O. The van der Waals surface area contributed by atoms with E-state index in [9.17, 15) is 9.59 Å². The highest BCUT2D eigenvalue weighted by atomic mass is 16.5. The first-order valence-corrected chi connectivity index (χ1v) is 8.84. The highest BCUT2D eigenvalue weighted by molar-refractivity contribution is 6.28. The molecule has 2 aliphatic rings. The summed E-state index contributed by atoms with van der Waals surface area (Å²) in [6.07, 6.45) is 5.49. The first-order chi connectivity index (χ1) is 12.5. The maximum absolute atomic E-state index is 12.7. The summed E-state index contributed by atoms with van der Waals surface area (Å²) in [6, 6.07) is 3.93. The largest absolute Gasteiger partial charge is 0.496 e. The smallest absolute Gasteiger partial charge is 0.259 e. The minimum atomic E-state index is -0.370. The molecular weight excluding hydrogens is 328 g/mol. The zero-order valence-corrected chi connectivity index (χ0v) is 15.5. The van der Waals surface area contributed by atoms with Crippen molar-refractivity contribution in [1.29, 1.82) is 0 Å². The third kappa shape index (κ3) is 2.94. The van der Waals surface area contributed by atoms with Crippen LogP contribution in [0, 0.1) is 6.92 Å². The number of benzene rings is 1. The van der Waals surface area contributed by atoms with Crippen LogP contribution in [0.3, 0.4) is 0 Å². The van der Waals surface area contributed by atoms with Crippen LogP contribution in [0.5, 0.6) is 5.75 Å². The van der Waals surface area contributed by atoms with Crippen LogP contribution in [0.15, 0.2) is 41.5 Å². The van der Waals surface area contributed by atoms with Crippen molar-refractivity contribution in [2.75, 3.05) is 19.5 Å². The number of amides is 2. The fourth-order valence-corrected chi connectivity index (χ4v) is 3.66. The quantitative estimate of drug-likeness (QED) is 0.817. The van der Waals surface area contributed by atoms with Crippen LogP contribution >= 0.6 is 0 Å². The third-order valence-corrected chi connectivity index (χ3v) is 4.93. The van der Waals surface area contributed by atoms with E-state index < -0.39 is 0 Å². The van der Waals surface area contributed by atoms with Crippen LogP contribution in [-0.2, 0) is 9.59 Å². The second-order valence-electron chi connectivity index (χ2n) is 6.59. The van der Waals surface area contributed by atoms with E-state index in [-0.39, 0.29) is 11.8 Å². The van der Waals surface area contributed by atoms with E-state index in [0.717, 1.165) is 41.6 Å². The predicted molar refractivity (Wildman–Crippen MR) is 103 cm³/mol. The van der Waals surface area contributed by atoms with Gasteiger partial charge in [0.05, 0.1) is 18.3 Å². The van der Waals surface area contributed by atoms with Gasteiger partial charge in [-0.15, -0.1) is 0 Å². The molecule has 0 bridgehead atoms. The summed E-state index contributed by atoms with van der Waals surface area (Å²) in [5.41, 5.74) is 4.89. The number of imide groups is 1. The van der Waals surface area contributed by atoms with Gasteiger partial charge in [0.2, 0.25) is 0 Å². The van der Waals surface area contributed by atoms with Gasteiger partial charge in [-0.3, -0.25) is 14.9 Å². The molecule has 5 heteroatoms. The lowest BCUT2D eigenvalue weighted by Gasteiger charge is -2.19. The second kappa shape index (κ2) is 7.20. The second-order valence-corrected chi connectivity index (χ2v) is 6.59. The number of methoxy groups -OCH3 is 1. The molecule has 0 saturated heterocycles. The molecule has 1 aromatic carbocycles. The fourth-order valence-electron chi connectivity index (χ4n) is 3.66. The lowest BCUT2D eigenvalue weighted by atomic mass is 9.89. The maximum Gasteiger partial charge on any atom is 0.259 e.